The summed E-state index contributed by atoms with van der Waals surface area (Å²) in [6.45, 7) is 2.79. The predicted octanol–water partition coefficient (Wildman–Crippen LogP) is 5.45. The van der Waals surface area contributed by atoms with Crippen LogP contribution in [0.1, 0.15) is 40.0 Å². The number of pyridine rings is 1. The highest BCUT2D eigenvalue weighted by Crippen LogP contribution is 2.48. The number of nitrogens with zero attached hydrogens (tertiary/aromatic N) is 2. The third-order valence-electron chi connectivity index (χ3n) is 8.14. The van der Waals surface area contributed by atoms with Crippen LogP contribution in [0.15, 0.2) is 65.1 Å². The van der Waals surface area contributed by atoms with E-state index in [1.807, 2.05) is 0 Å². The first-order chi connectivity index (χ1) is 21.9. The summed E-state index contributed by atoms with van der Waals surface area (Å²) in [6, 6.07) is 15.6. The first kappa shape index (κ1) is 31.3. The molecule has 2 aromatic heterocycles. The van der Waals surface area contributed by atoms with Crippen molar-refractivity contribution in [2.45, 2.75) is 24.9 Å². The second kappa shape index (κ2) is 11.6. The number of aromatic nitrogens is 2. The van der Waals surface area contributed by atoms with E-state index in [2.05, 4.69) is 10.3 Å². The molecule has 0 saturated carbocycles. The molecule has 10 nitrogen and oxygen atoms in total. The number of primary amides is 1. The third-order valence-corrected chi connectivity index (χ3v) is 8.99. The molecule has 3 heterocycles. The lowest BCUT2D eigenvalue weighted by Gasteiger charge is -2.30. The van der Waals surface area contributed by atoms with Crippen molar-refractivity contribution in [3.8, 4) is 22.8 Å². The zero-order chi connectivity index (χ0) is 33.0. The fraction of sp³-hybridized carbons (Fsp3) is 0.212. The topological polar surface area (TPSA) is 150 Å². The third kappa shape index (κ3) is 5.10. The maximum absolute atomic E-state index is 14.3. The maximum atomic E-state index is 14.3. The van der Waals surface area contributed by atoms with E-state index in [0.29, 0.717) is 33.9 Å². The molecule has 1 aliphatic rings. The molecule has 0 unspecified atom stereocenters. The summed E-state index contributed by atoms with van der Waals surface area (Å²) < 4.78 is 31.3. The highest BCUT2D eigenvalue weighted by molar-refractivity contribution is 6.43. The Kier molecular flexibility index (Phi) is 7.87. The number of hydrogen-bond donors (Lipinski definition) is 3. The van der Waals surface area contributed by atoms with Crippen LogP contribution in [0.4, 0.5) is 4.39 Å². The number of benzene rings is 3. The van der Waals surface area contributed by atoms with Crippen LogP contribution in [0.2, 0.25) is 10.0 Å². The van der Waals surface area contributed by atoms with E-state index in [9.17, 15) is 19.1 Å². The van der Waals surface area contributed by atoms with Crippen molar-refractivity contribution in [1.82, 2.24) is 15.3 Å². The molecule has 0 spiro atoms. The Hall–Kier alpha value is -4.71. The molecule has 3 aromatic carbocycles. The van der Waals surface area contributed by atoms with Crippen molar-refractivity contribution in [2.75, 3.05) is 20.3 Å². The van der Waals surface area contributed by atoms with E-state index in [4.69, 9.17) is 47.8 Å². The lowest BCUT2D eigenvalue weighted by atomic mass is 9.80. The van der Waals surface area contributed by atoms with E-state index in [-0.39, 0.29) is 51.5 Å². The lowest BCUT2D eigenvalue weighted by Crippen LogP contribution is -2.43. The molecule has 6 rings (SSSR count). The molecule has 0 radical (unpaired) electrons. The number of carbonyl (C=O) groups excluding carboxylic acids is 2. The van der Waals surface area contributed by atoms with Crippen molar-refractivity contribution >= 4 is 46.1 Å². The summed E-state index contributed by atoms with van der Waals surface area (Å²) in [4.78, 5) is 35.3. The summed E-state index contributed by atoms with van der Waals surface area (Å²) in [5, 5.41) is 14.8. The molecule has 0 fully saturated rings. The number of ether oxygens (including phenoxy) is 2. The fourth-order valence-corrected chi connectivity index (χ4v) is 5.86. The minimum atomic E-state index is -1.98. The smallest absolute Gasteiger partial charge is 0.251 e. The standard InChI is InChI=1S/C33H27Cl2FN4O6/c1-16-39-28-22(44-3)11-17(12-23(28)46-16)30(41)38-14-33(43,18-7-5-4-6-8-18)24-13-20-29(45-15-32(20,2)31(37)42)27(40-24)19-9-10-21(36)26(35)25(19)34/h4-13,43H,14-15H2,1-3H3,(H2,37,42)(H,38,41)/t32-,33+/m0/s1. The summed E-state index contributed by atoms with van der Waals surface area (Å²) in [7, 11) is 1.45. The number of rotatable bonds is 8. The Labute approximate surface area is 272 Å². The largest absolute Gasteiger partial charge is 0.494 e. The highest BCUT2D eigenvalue weighted by Gasteiger charge is 2.46. The number of oxazole rings is 1. The van der Waals surface area contributed by atoms with Gasteiger partial charge < -0.3 is 30.0 Å². The number of hydrogen-bond acceptors (Lipinski definition) is 8. The predicted molar refractivity (Wildman–Crippen MR) is 169 cm³/mol. The number of methoxy groups -OCH3 is 1. The van der Waals surface area contributed by atoms with Crippen molar-refractivity contribution in [3.63, 3.8) is 0 Å². The van der Waals surface area contributed by atoms with Gasteiger partial charge in [0.15, 0.2) is 17.0 Å². The number of amides is 2. The second-order valence-corrected chi connectivity index (χ2v) is 11.9. The summed E-state index contributed by atoms with van der Waals surface area (Å²) in [5.41, 5.74) is 4.57. The van der Waals surface area contributed by atoms with Crippen LogP contribution < -0.4 is 20.5 Å². The minimum Gasteiger partial charge on any atom is -0.494 e. The second-order valence-electron chi connectivity index (χ2n) is 11.1. The van der Waals surface area contributed by atoms with Gasteiger partial charge in [-0.3, -0.25) is 9.59 Å². The fourth-order valence-electron chi connectivity index (χ4n) is 5.45. The molecular weight excluding hydrogens is 638 g/mol. The molecule has 2 amide bonds. The van der Waals surface area contributed by atoms with Crippen molar-refractivity contribution in [3.05, 3.63) is 105 Å². The molecule has 0 saturated heterocycles. The molecule has 0 bridgehead atoms. The van der Waals surface area contributed by atoms with Crippen LogP contribution >= 0.6 is 23.2 Å². The van der Waals surface area contributed by atoms with Gasteiger partial charge in [0.25, 0.3) is 5.91 Å². The van der Waals surface area contributed by atoms with Gasteiger partial charge in [0.2, 0.25) is 5.91 Å². The van der Waals surface area contributed by atoms with E-state index in [0.717, 1.165) is 6.07 Å². The van der Waals surface area contributed by atoms with Crippen molar-refractivity contribution in [1.29, 1.82) is 0 Å². The molecule has 2 atom stereocenters. The zero-order valence-electron chi connectivity index (χ0n) is 24.8. The Morgan fingerprint density at radius 3 is 2.57 bits per heavy atom. The summed E-state index contributed by atoms with van der Waals surface area (Å²) >= 11 is 12.6. The minimum absolute atomic E-state index is 0.0288. The van der Waals surface area contributed by atoms with Gasteiger partial charge >= 0.3 is 0 Å². The number of nitrogens with two attached hydrogens (primary N) is 1. The van der Waals surface area contributed by atoms with Gasteiger partial charge in [-0.25, -0.2) is 14.4 Å². The van der Waals surface area contributed by atoms with Crippen LogP contribution in [0.3, 0.4) is 0 Å². The van der Waals surface area contributed by atoms with Gasteiger partial charge in [0.05, 0.1) is 29.4 Å². The zero-order valence-corrected chi connectivity index (χ0v) is 26.3. The van der Waals surface area contributed by atoms with E-state index in [1.165, 1.54) is 31.4 Å². The summed E-state index contributed by atoms with van der Waals surface area (Å²) in [5.74, 6) is -1.06. The van der Waals surface area contributed by atoms with Crippen molar-refractivity contribution in [2.24, 2.45) is 5.73 Å². The Morgan fingerprint density at radius 2 is 1.87 bits per heavy atom. The van der Waals surface area contributed by atoms with Gasteiger partial charge in [-0.2, -0.15) is 0 Å². The SMILES string of the molecule is COc1cc(C(=O)NC[C@@](O)(c2ccccc2)c2cc3c(c(-c4ccc(F)c(Cl)c4Cl)n2)OC[C@]3(C)C(N)=O)cc2oc(C)nc12. The van der Waals surface area contributed by atoms with Crippen LogP contribution in [-0.4, -0.2) is 47.2 Å². The molecule has 5 aromatic rings. The van der Waals surface area contributed by atoms with Gasteiger partial charge in [-0.15, -0.1) is 0 Å². The van der Waals surface area contributed by atoms with Crippen molar-refractivity contribution < 1.29 is 33.0 Å². The Morgan fingerprint density at radius 1 is 1.13 bits per heavy atom. The highest BCUT2D eigenvalue weighted by atomic mass is 35.5. The molecule has 46 heavy (non-hydrogen) atoms. The van der Waals surface area contributed by atoms with Gasteiger partial charge in [-0.1, -0.05) is 53.5 Å². The summed E-state index contributed by atoms with van der Waals surface area (Å²) in [6.07, 6.45) is 0. The molecule has 4 N–H and O–H groups in total. The van der Waals surface area contributed by atoms with Crippen LogP contribution in [0.25, 0.3) is 22.4 Å². The number of aryl methyl sites for hydroxylation is 1. The quantitative estimate of drug-likeness (QED) is 0.185. The monoisotopic (exact) mass is 664 g/mol. The van der Waals surface area contributed by atoms with Crippen LogP contribution in [-0.2, 0) is 15.8 Å². The van der Waals surface area contributed by atoms with E-state index in [1.54, 1.807) is 44.2 Å². The van der Waals surface area contributed by atoms with E-state index >= 15 is 0 Å². The molecule has 236 valence electrons. The Balaban J connectivity index is 1.50. The lowest BCUT2D eigenvalue weighted by molar-refractivity contribution is -0.123. The first-order valence-electron chi connectivity index (χ1n) is 14.0. The number of nitrogens with one attached hydrogen (secondary N) is 1. The first-order valence-corrected chi connectivity index (χ1v) is 14.8. The van der Waals surface area contributed by atoms with Crippen LogP contribution in [0, 0.1) is 12.7 Å². The number of halogens is 3. The van der Waals surface area contributed by atoms with E-state index < -0.39 is 28.6 Å². The van der Waals surface area contributed by atoms with Gasteiger partial charge in [0.1, 0.15) is 40.6 Å². The van der Waals surface area contributed by atoms with Gasteiger partial charge in [0, 0.05) is 23.6 Å². The maximum Gasteiger partial charge on any atom is 0.251 e. The number of fused-ring (bicyclic) bond motifs is 2. The number of aliphatic hydroxyl groups is 1. The average molecular weight is 666 g/mol. The number of carbonyl (C=O) groups is 2. The molecule has 0 aliphatic carbocycles. The molecular formula is C33H27Cl2FN4O6. The molecule has 1 aliphatic heterocycles. The normalized spacial score (nSPS) is 16.8. The van der Waals surface area contributed by atoms with Crippen LogP contribution in [0.5, 0.6) is 11.5 Å². The Bertz CT molecular complexity index is 2040. The average Bonchev–Trinajstić information content (AvgIpc) is 3.61. The van der Waals surface area contributed by atoms with Gasteiger partial charge in [-0.05, 0) is 42.8 Å². The molecule has 13 heteroatoms.